The quantitative estimate of drug-likeness (QED) is 0.704. The smallest absolute Gasteiger partial charge is 0.164 e. The van der Waals surface area contributed by atoms with Crippen molar-refractivity contribution in [3.8, 4) is 0 Å². The van der Waals surface area contributed by atoms with Gasteiger partial charge in [0.2, 0.25) is 0 Å². The monoisotopic (exact) mass is 328 g/mol. The molecular formula is C19H20OS2. The molecular weight excluding hydrogens is 308 g/mol. The number of fused-ring (bicyclic) bond motifs is 1. The number of carbonyl (C=O) groups excluding carboxylic acids is 1. The van der Waals surface area contributed by atoms with Gasteiger partial charge in [0.15, 0.2) is 5.78 Å². The van der Waals surface area contributed by atoms with E-state index < -0.39 is 0 Å². The van der Waals surface area contributed by atoms with Crippen LogP contribution >= 0.6 is 23.5 Å². The highest BCUT2D eigenvalue weighted by atomic mass is 32.2. The molecule has 0 bridgehead atoms. The molecule has 1 heterocycles. The first kappa shape index (κ1) is 15.7. The van der Waals surface area contributed by atoms with Crippen LogP contribution < -0.4 is 0 Å². The van der Waals surface area contributed by atoms with Gasteiger partial charge in [-0.25, -0.2) is 0 Å². The van der Waals surface area contributed by atoms with Crippen LogP contribution in [0, 0.1) is 13.8 Å². The Balaban J connectivity index is 1.68. The SMILES string of the molecule is Cc1cc2c(cc1C)CSC(CC(=O)c1ccccc1)SC2. The third-order valence-electron chi connectivity index (χ3n) is 4.11. The van der Waals surface area contributed by atoms with E-state index >= 15 is 0 Å². The normalized spacial score (nSPS) is 15.2. The van der Waals surface area contributed by atoms with Gasteiger partial charge in [-0.3, -0.25) is 4.79 Å². The molecule has 0 N–H and O–H groups in total. The Morgan fingerprint density at radius 2 is 1.55 bits per heavy atom. The average Bonchev–Trinajstić information content (AvgIpc) is 2.72. The maximum Gasteiger partial charge on any atom is 0.164 e. The number of rotatable bonds is 3. The zero-order valence-electron chi connectivity index (χ0n) is 13.0. The number of Topliss-reactive ketones (excluding diaryl/α,β-unsaturated/α-hetero) is 1. The van der Waals surface area contributed by atoms with E-state index in [4.69, 9.17) is 0 Å². The molecule has 0 saturated heterocycles. The maximum absolute atomic E-state index is 12.4. The Morgan fingerprint density at radius 1 is 1.00 bits per heavy atom. The Labute approximate surface area is 140 Å². The molecule has 3 rings (SSSR count). The molecule has 0 unspecified atom stereocenters. The first-order valence-electron chi connectivity index (χ1n) is 7.54. The maximum atomic E-state index is 12.4. The lowest BCUT2D eigenvalue weighted by Gasteiger charge is -2.12. The van der Waals surface area contributed by atoms with E-state index in [1.165, 1.54) is 22.3 Å². The molecule has 0 saturated carbocycles. The van der Waals surface area contributed by atoms with Crippen LogP contribution in [0.25, 0.3) is 0 Å². The lowest BCUT2D eigenvalue weighted by Crippen LogP contribution is -2.07. The van der Waals surface area contributed by atoms with Gasteiger partial charge >= 0.3 is 0 Å². The summed E-state index contributed by atoms with van der Waals surface area (Å²) in [6.45, 7) is 4.35. The van der Waals surface area contributed by atoms with Gasteiger partial charge in [0.25, 0.3) is 0 Å². The van der Waals surface area contributed by atoms with Gasteiger partial charge < -0.3 is 0 Å². The largest absolute Gasteiger partial charge is 0.294 e. The summed E-state index contributed by atoms with van der Waals surface area (Å²) in [4.78, 5) is 12.4. The lowest BCUT2D eigenvalue weighted by atomic mass is 10.0. The molecule has 0 fully saturated rings. The second kappa shape index (κ2) is 6.93. The molecule has 0 aromatic heterocycles. The number of aryl methyl sites for hydroxylation is 2. The van der Waals surface area contributed by atoms with Gasteiger partial charge in [0, 0.05) is 23.5 Å². The number of carbonyl (C=O) groups is 1. The molecule has 22 heavy (non-hydrogen) atoms. The zero-order valence-corrected chi connectivity index (χ0v) is 14.6. The minimum absolute atomic E-state index is 0.254. The fraction of sp³-hybridized carbons (Fsp3) is 0.316. The van der Waals surface area contributed by atoms with Gasteiger partial charge in [-0.2, -0.15) is 0 Å². The topological polar surface area (TPSA) is 17.1 Å². The molecule has 3 heteroatoms. The Morgan fingerprint density at radius 3 is 2.09 bits per heavy atom. The summed E-state index contributed by atoms with van der Waals surface area (Å²) in [5.74, 6) is 2.27. The first-order chi connectivity index (χ1) is 10.6. The van der Waals surface area contributed by atoms with E-state index in [9.17, 15) is 4.79 Å². The van der Waals surface area contributed by atoms with Gasteiger partial charge in [-0.15, -0.1) is 23.5 Å². The Hall–Kier alpha value is -1.19. The summed E-state index contributed by atoms with van der Waals surface area (Å²) in [6, 6.07) is 14.3. The summed E-state index contributed by atoms with van der Waals surface area (Å²) >= 11 is 3.81. The van der Waals surface area contributed by atoms with E-state index in [1.807, 2.05) is 53.9 Å². The molecule has 1 aliphatic rings. The summed E-state index contributed by atoms with van der Waals surface area (Å²) in [6.07, 6.45) is 0.616. The van der Waals surface area contributed by atoms with Crippen LogP contribution in [0.15, 0.2) is 42.5 Å². The van der Waals surface area contributed by atoms with Gasteiger partial charge in [-0.05, 0) is 36.1 Å². The molecule has 0 amide bonds. The Kier molecular flexibility index (Phi) is 4.94. The lowest BCUT2D eigenvalue weighted by molar-refractivity contribution is 0.0987. The van der Waals surface area contributed by atoms with Crippen molar-refractivity contribution in [1.82, 2.24) is 0 Å². The van der Waals surface area contributed by atoms with Crippen molar-refractivity contribution < 1.29 is 4.79 Å². The summed E-state index contributed by atoms with van der Waals surface area (Å²) in [5.41, 5.74) is 6.44. The third kappa shape index (κ3) is 3.58. The van der Waals surface area contributed by atoms with Crippen LogP contribution in [0.2, 0.25) is 0 Å². The van der Waals surface area contributed by atoms with Crippen molar-refractivity contribution in [3.63, 3.8) is 0 Å². The van der Waals surface area contributed by atoms with Crippen LogP contribution in [0.4, 0.5) is 0 Å². The van der Waals surface area contributed by atoms with Gasteiger partial charge in [-0.1, -0.05) is 42.5 Å². The van der Waals surface area contributed by atoms with E-state index in [1.54, 1.807) is 0 Å². The first-order valence-corrected chi connectivity index (χ1v) is 9.63. The number of ketones is 1. The highest BCUT2D eigenvalue weighted by molar-refractivity contribution is 8.16. The summed E-state index contributed by atoms with van der Waals surface area (Å²) in [7, 11) is 0. The van der Waals surface area contributed by atoms with Crippen molar-refractivity contribution >= 4 is 29.3 Å². The standard InChI is InChI=1S/C19H20OS2/c1-13-8-16-11-21-19(22-12-17(16)9-14(13)2)10-18(20)15-6-4-3-5-7-15/h3-9,19H,10-12H2,1-2H3. The average molecular weight is 329 g/mol. The molecule has 2 aromatic rings. The fourth-order valence-corrected chi connectivity index (χ4v) is 5.23. The zero-order chi connectivity index (χ0) is 15.5. The van der Waals surface area contributed by atoms with Crippen LogP contribution in [0.5, 0.6) is 0 Å². The Bertz CT molecular complexity index is 646. The summed E-state index contributed by atoms with van der Waals surface area (Å²) in [5, 5.41) is 0. The molecule has 1 nitrogen and oxygen atoms in total. The molecule has 2 aromatic carbocycles. The van der Waals surface area contributed by atoms with Crippen molar-refractivity contribution in [3.05, 3.63) is 70.3 Å². The van der Waals surface area contributed by atoms with Crippen LogP contribution in [0.1, 0.15) is 39.0 Å². The minimum atomic E-state index is 0.254. The van der Waals surface area contributed by atoms with E-state index in [-0.39, 0.29) is 5.78 Å². The van der Waals surface area contributed by atoms with Gasteiger partial charge in [0.1, 0.15) is 0 Å². The highest BCUT2D eigenvalue weighted by Crippen LogP contribution is 2.38. The van der Waals surface area contributed by atoms with Crippen LogP contribution in [-0.2, 0) is 11.5 Å². The van der Waals surface area contributed by atoms with Crippen LogP contribution in [0.3, 0.4) is 0 Å². The molecule has 1 aliphatic heterocycles. The van der Waals surface area contributed by atoms with Gasteiger partial charge in [0.05, 0.1) is 4.58 Å². The molecule has 0 atom stereocenters. The number of thioether (sulfide) groups is 2. The van der Waals surface area contributed by atoms with Crippen molar-refractivity contribution in [1.29, 1.82) is 0 Å². The third-order valence-corrected chi connectivity index (χ3v) is 6.96. The van der Waals surface area contributed by atoms with E-state index in [2.05, 4.69) is 26.0 Å². The minimum Gasteiger partial charge on any atom is -0.294 e. The predicted molar refractivity (Wildman–Crippen MR) is 97.7 cm³/mol. The van der Waals surface area contributed by atoms with Crippen molar-refractivity contribution in [2.75, 3.05) is 0 Å². The van der Waals surface area contributed by atoms with Crippen molar-refractivity contribution in [2.24, 2.45) is 0 Å². The number of hydrogen-bond acceptors (Lipinski definition) is 3. The second-order valence-electron chi connectivity index (χ2n) is 5.75. The van der Waals surface area contributed by atoms with E-state index in [0.717, 1.165) is 17.1 Å². The molecule has 0 spiro atoms. The highest BCUT2D eigenvalue weighted by Gasteiger charge is 2.21. The van der Waals surface area contributed by atoms with E-state index in [0.29, 0.717) is 11.0 Å². The molecule has 114 valence electrons. The molecule has 0 aliphatic carbocycles. The predicted octanol–water partition coefficient (Wildman–Crippen LogP) is 5.38. The second-order valence-corrected chi connectivity index (χ2v) is 8.43. The summed E-state index contributed by atoms with van der Waals surface area (Å²) < 4.78 is 0.348. The fourth-order valence-electron chi connectivity index (χ4n) is 2.63. The number of hydrogen-bond donors (Lipinski definition) is 0. The van der Waals surface area contributed by atoms with Crippen LogP contribution in [-0.4, -0.2) is 10.4 Å². The van der Waals surface area contributed by atoms with Crippen molar-refractivity contribution in [2.45, 2.75) is 36.4 Å². The molecule has 0 radical (unpaired) electrons. The number of benzene rings is 2.